The fraction of sp³-hybridized carbons (Fsp3) is 0.188. The van der Waals surface area contributed by atoms with E-state index in [0.717, 1.165) is 34.3 Å². The molecule has 0 radical (unpaired) electrons. The minimum absolute atomic E-state index is 0.346. The van der Waals surface area contributed by atoms with E-state index in [2.05, 4.69) is 56.6 Å². The van der Waals surface area contributed by atoms with Crippen molar-refractivity contribution in [2.24, 2.45) is 0 Å². The Morgan fingerprint density at radius 3 is 3.00 bits per heavy atom. The van der Waals surface area contributed by atoms with E-state index in [0.29, 0.717) is 5.92 Å². The SMILES string of the molecule is Brc1ccc2nc(C3CCNc4ccccc43)[nH]c2c1. The molecule has 0 spiro atoms. The zero-order valence-corrected chi connectivity index (χ0v) is 12.4. The molecule has 4 rings (SSSR count). The molecule has 2 aromatic carbocycles. The van der Waals surface area contributed by atoms with E-state index >= 15 is 0 Å². The van der Waals surface area contributed by atoms with Gasteiger partial charge in [0.15, 0.2) is 0 Å². The van der Waals surface area contributed by atoms with E-state index < -0.39 is 0 Å². The molecule has 1 aliphatic heterocycles. The number of para-hydroxylation sites is 1. The van der Waals surface area contributed by atoms with Crippen molar-refractivity contribution < 1.29 is 0 Å². The van der Waals surface area contributed by atoms with Crippen LogP contribution >= 0.6 is 15.9 Å². The highest BCUT2D eigenvalue weighted by atomic mass is 79.9. The Hall–Kier alpha value is -1.81. The number of benzene rings is 2. The molecule has 3 aromatic rings. The van der Waals surface area contributed by atoms with Crippen molar-refractivity contribution in [3.63, 3.8) is 0 Å². The Morgan fingerprint density at radius 2 is 2.05 bits per heavy atom. The molecule has 0 fully saturated rings. The number of anilines is 1. The van der Waals surface area contributed by atoms with Crippen molar-refractivity contribution in [3.05, 3.63) is 58.3 Å². The van der Waals surface area contributed by atoms with Crippen LogP contribution in [0.2, 0.25) is 0 Å². The lowest BCUT2D eigenvalue weighted by molar-refractivity contribution is 0.686. The van der Waals surface area contributed by atoms with Gasteiger partial charge in [-0.2, -0.15) is 0 Å². The Balaban J connectivity index is 1.84. The predicted octanol–water partition coefficient (Wildman–Crippen LogP) is 4.27. The van der Waals surface area contributed by atoms with Gasteiger partial charge in [0.05, 0.1) is 11.0 Å². The van der Waals surface area contributed by atoms with Gasteiger partial charge in [0, 0.05) is 22.6 Å². The van der Waals surface area contributed by atoms with Crippen molar-refractivity contribution in [1.82, 2.24) is 9.97 Å². The average molecular weight is 328 g/mol. The van der Waals surface area contributed by atoms with Gasteiger partial charge in [-0.3, -0.25) is 0 Å². The first-order valence-electron chi connectivity index (χ1n) is 6.79. The molecule has 2 N–H and O–H groups in total. The Morgan fingerprint density at radius 1 is 1.15 bits per heavy atom. The van der Waals surface area contributed by atoms with Crippen LogP contribution in [0.1, 0.15) is 23.7 Å². The maximum atomic E-state index is 4.77. The van der Waals surface area contributed by atoms with Crippen LogP contribution in [0.25, 0.3) is 11.0 Å². The molecule has 0 saturated heterocycles. The van der Waals surface area contributed by atoms with Gasteiger partial charge in [-0.25, -0.2) is 4.98 Å². The van der Waals surface area contributed by atoms with Crippen molar-refractivity contribution in [3.8, 4) is 0 Å². The third kappa shape index (κ3) is 1.91. The standard InChI is InChI=1S/C16H14BrN3/c17-10-5-6-14-15(9-10)20-16(19-14)12-7-8-18-13-4-2-1-3-11(12)13/h1-6,9,12,18H,7-8H2,(H,19,20). The summed E-state index contributed by atoms with van der Waals surface area (Å²) >= 11 is 3.51. The van der Waals surface area contributed by atoms with Gasteiger partial charge >= 0.3 is 0 Å². The molecule has 0 aliphatic carbocycles. The summed E-state index contributed by atoms with van der Waals surface area (Å²) in [7, 11) is 0. The summed E-state index contributed by atoms with van der Waals surface area (Å²) in [5, 5.41) is 3.46. The zero-order chi connectivity index (χ0) is 13.5. The van der Waals surface area contributed by atoms with Crippen molar-refractivity contribution >= 4 is 32.7 Å². The number of halogens is 1. The van der Waals surface area contributed by atoms with Crippen molar-refractivity contribution in [2.45, 2.75) is 12.3 Å². The number of hydrogen-bond acceptors (Lipinski definition) is 2. The van der Waals surface area contributed by atoms with Crippen molar-refractivity contribution in [1.29, 1.82) is 0 Å². The number of aromatic amines is 1. The maximum absolute atomic E-state index is 4.77. The number of nitrogens with one attached hydrogen (secondary N) is 2. The van der Waals surface area contributed by atoms with Crippen LogP contribution in [0.4, 0.5) is 5.69 Å². The zero-order valence-electron chi connectivity index (χ0n) is 10.9. The van der Waals surface area contributed by atoms with Gasteiger partial charge in [0.1, 0.15) is 5.82 Å². The number of fused-ring (bicyclic) bond motifs is 2. The average Bonchev–Trinajstić information content (AvgIpc) is 2.89. The molecule has 0 amide bonds. The topological polar surface area (TPSA) is 40.7 Å². The van der Waals surface area contributed by atoms with Crippen LogP contribution in [-0.4, -0.2) is 16.5 Å². The van der Waals surface area contributed by atoms with E-state index in [-0.39, 0.29) is 0 Å². The van der Waals surface area contributed by atoms with Gasteiger partial charge in [-0.15, -0.1) is 0 Å². The van der Waals surface area contributed by atoms with E-state index in [4.69, 9.17) is 4.98 Å². The lowest BCUT2D eigenvalue weighted by Gasteiger charge is -2.25. The van der Waals surface area contributed by atoms with Gasteiger partial charge in [-0.1, -0.05) is 34.1 Å². The number of rotatable bonds is 1. The molecule has 0 saturated carbocycles. The molecule has 2 heterocycles. The Labute approximate surface area is 125 Å². The van der Waals surface area contributed by atoms with E-state index in [1.807, 2.05) is 12.1 Å². The van der Waals surface area contributed by atoms with E-state index in [1.54, 1.807) is 0 Å². The first-order chi connectivity index (χ1) is 9.81. The van der Waals surface area contributed by atoms with Crippen LogP contribution in [0, 0.1) is 0 Å². The van der Waals surface area contributed by atoms with Crippen LogP contribution in [0.5, 0.6) is 0 Å². The summed E-state index contributed by atoms with van der Waals surface area (Å²) in [4.78, 5) is 8.25. The molecule has 3 nitrogen and oxygen atoms in total. The highest BCUT2D eigenvalue weighted by Gasteiger charge is 2.23. The molecular weight excluding hydrogens is 314 g/mol. The van der Waals surface area contributed by atoms with Gasteiger partial charge < -0.3 is 10.3 Å². The Kier molecular flexibility index (Phi) is 2.77. The molecule has 1 atom stereocenters. The normalized spacial score (nSPS) is 17.8. The first-order valence-corrected chi connectivity index (χ1v) is 7.58. The molecule has 20 heavy (non-hydrogen) atoms. The summed E-state index contributed by atoms with van der Waals surface area (Å²) in [6.07, 6.45) is 1.07. The molecule has 4 heteroatoms. The third-order valence-electron chi connectivity index (χ3n) is 3.88. The second-order valence-corrected chi connectivity index (χ2v) is 6.05. The largest absolute Gasteiger partial charge is 0.385 e. The lowest BCUT2D eigenvalue weighted by atomic mass is 9.90. The molecule has 0 bridgehead atoms. The monoisotopic (exact) mass is 327 g/mol. The van der Waals surface area contributed by atoms with Gasteiger partial charge in [-0.05, 0) is 36.2 Å². The maximum Gasteiger partial charge on any atom is 0.114 e. The highest BCUT2D eigenvalue weighted by molar-refractivity contribution is 9.10. The van der Waals surface area contributed by atoms with E-state index in [1.165, 1.54) is 11.3 Å². The number of imidazole rings is 1. The highest BCUT2D eigenvalue weighted by Crippen LogP contribution is 2.35. The smallest absolute Gasteiger partial charge is 0.114 e. The van der Waals surface area contributed by atoms with Crippen molar-refractivity contribution in [2.75, 3.05) is 11.9 Å². The fourth-order valence-corrected chi connectivity index (χ4v) is 3.28. The summed E-state index contributed by atoms with van der Waals surface area (Å²) in [5.74, 6) is 1.41. The molecule has 1 aromatic heterocycles. The Bertz CT molecular complexity index is 778. The summed E-state index contributed by atoms with van der Waals surface area (Å²) in [6.45, 7) is 0.989. The fourth-order valence-electron chi connectivity index (χ4n) is 2.92. The van der Waals surface area contributed by atoms with Gasteiger partial charge in [0.2, 0.25) is 0 Å². The number of aromatic nitrogens is 2. The van der Waals surface area contributed by atoms with Crippen LogP contribution in [0.15, 0.2) is 46.9 Å². The minimum Gasteiger partial charge on any atom is -0.385 e. The second-order valence-electron chi connectivity index (χ2n) is 5.14. The summed E-state index contributed by atoms with van der Waals surface area (Å²) in [5.41, 5.74) is 4.67. The number of H-pyrrole nitrogens is 1. The molecular formula is C16H14BrN3. The summed E-state index contributed by atoms with van der Waals surface area (Å²) < 4.78 is 1.07. The number of hydrogen-bond donors (Lipinski definition) is 2. The lowest BCUT2D eigenvalue weighted by Crippen LogP contribution is -2.18. The molecule has 1 aliphatic rings. The van der Waals surface area contributed by atoms with Crippen LogP contribution in [-0.2, 0) is 0 Å². The second kappa shape index (κ2) is 4.63. The summed E-state index contributed by atoms with van der Waals surface area (Å²) in [6, 6.07) is 14.7. The molecule has 100 valence electrons. The number of nitrogens with zero attached hydrogens (tertiary/aromatic N) is 1. The van der Waals surface area contributed by atoms with Crippen LogP contribution in [0.3, 0.4) is 0 Å². The van der Waals surface area contributed by atoms with Crippen LogP contribution < -0.4 is 5.32 Å². The minimum atomic E-state index is 0.346. The van der Waals surface area contributed by atoms with Gasteiger partial charge in [0.25, 0.3) is 0 Å². The first kappa shape index (κ1) is 12.0. The third-order valence-corrected chi connectivity index (χ3v) is 4.37. The molecule has 1 unspecified atom stereocenters. The quantitative estimate of drug-likeness (QED) is 0.700. The predicted molar refractivity (Wildman–Crippen MR) is 85.2 cm³/mol. The van der Waals surface area contributed by atoms with E-state index in [9.17, 15) is 0 Å².